The number of benzene rings is 1. The molecule has 3 atom stereocenters. The van der Waals surface area contributed by atoms with Crippen LogP contribution in [0.15, 0.2) is 18.3 Å². The van der Waals surface area contributed by atoms with Crippen molar-refractivity contribution in [3.8, 4) is 5.75 Å². The van der Waals surface area contributed by atoms with Crippen LogP contribution in [0.1, 0.15) is 74.7 Å². The fourth-order valence-corrected chi connectivity index (χ4v) is 7.29. The van der Waals surface area contributed by atoms with Gasteiger partial charge in [-0.1, -0.05) is 29.7 Å². The standard InChI is InChI=1S/C29H36ClN5O5/c1-28(27(38)39)9-4-3-5-20(28)26(37)35-12-8-19-21(30)6-7-23(40-16-18-14-33(2)32-31-18)25(19)22(35)15-34-17-29(10-11-29)13-24(34)36/h6-7,14,20,22H,3-5,8-13,15-17H2,1-2H3,(H,38,39)/t20-,22+,28-/m0/s1. The molecule has 0 radical (unpaired) electrons. The molecule has 1 aromatic heterocycles. The molecule has 2 saturated carbocycles. The van der Waals surface area contributed by atoms with Crippen LogP contribution >= 0.6 is 11.6 Å². The SMILES string of the molecule is Cn1cc(COc2ccc(Cl)c3c2[C@@H](CN2CC4(CC4)CC2=O)N(C(=O)[C@@H]2CCCC[C@]2(C)C(=O)O)CC3)nn1. The highest BCUT2D eigenvalue weighted by Gasteiger charge is 2.53. The van der Waals surface area contributed by atoms with Gasteiger partial charge < -0.3 is 19.6 Å². The number of carbonyl (C=O) groups is 3. The van der Waals surface area contributed by atoms with E-state index in [9.17, 15) is 19.5 Å². The van der Waals surface area contributed by atoms with E-state index in [0.29, 0.717) is 61.8 Å². The third-order valence-electron chi connectivity index (χ3n) is 9.63. The summed E-state index contributed by atoms with van der Waals surface area (Å²) in [6.45, 7) is 3.32. The number of fused-ring (bicyclic) bond motifs is 1. The van der Waals surface area contributed by atoms with Gasteiger partial charge in [0.25, 0.3) is 0 Å². The number of halogens is 1. The van der Waals surface area contributed by atoms with Crippen molar-refractivity contribution in [3.63, 3.8) is 0 Å². The summed E-state index contributed by atoms with van der Waals surface area (Å²) in [6, 6.07) is 3.13. The van der Waals surface area contributed by atoms with Crippen molar-refractivity contribution in [1.82, 2.24) is 24.8 Å². The number of nitrogens with zero attached hydrogens (tertiary/aromatic N) is 5. The van der Waals surface area contributed by atoms with E-state index in [-0.39, 0.29) is 23.8 Å². The van der Waals surface area contributed by atoms with Gasteiger partial charge in [-0.05, 0) is 62.1 Å². The zero-order chi connectivity index (χ0) is 28.2. The lowest BCUT2D eigenvalue weighted by atomic mass is 9.66. The van der Waals surface area contributed by atoms with E-state index in [1.807, 2.05) is 21.9 Å². The quantitative estimate of drug-likeness (QED) is 0.539. The summed E-state index contributed by atoms with van der Waals surface area (Å²) in [4.78, 5) is 43.6. The number of likely N-dealkylation sites (tertiary alicyclic amines) is 1. The predicted molar refractivity (Wildman–Crippen MR) is 146 cm³/mol. The second-order valence-corrected chi connectivity index (χ2v) is 12.8. The molecule has 11 heteroatoms. The molecule has 2 aliphatic heterocycles. The van der Waals surface area contributed by atoms with Gasteiger partial charge in [-0.15, -0.1) is 5.10 Å². The number of aromatic nitrogens is 3. The molecule has 1 spiro atoms. The Balaban J connectivity index is 1.38. The van der Waals surface area contributed by atoms with E-state index >= 15 is 0 Å². The van der Waals surface area contributed by atoms with E-state index in [1.165, 1.54) is 0 Å². The maximum Gasteiger partial charge on any atom is 0.310 e. The monoisotopic (exact) mass is 569 g/mol. The Kier molecular flexibility index (Phi) is 6.79. The van der Waals surface area contributed by atoms with Crippen LogP contribution in [-0.4, -0.2) is 67.3 Å². The Morgan fingerprint density at radius 3 is 2.70 bits per heavy atom. The Hall–Kier alpha value is -3.14. The molecule has 2 aromatic rings. The molecule has 0 unspecified atom stereocenters. The molecule has 2 aliphatic carbocycles. The maximum atomic E-state index is 14.3. The summed E-state index contributed by atoms with van der Waals surface area (Å²) in [7, 11) is 1.79. The number of amides is 2. The van der Waals surface area contributed by atoms with Gasteiger partial charge >= 0.3 is 5.97 Å². The van der Waals surface area contributed by atoms with E-state index in [1.54, 1.807) is 24.9 Å². The van der Waals surface area contributed by atoms with Crippen LogP contribution < -0.4 is 4.74 Å². The minimum absolute atomic E-state index is 0.0777. The molecule has 2 amide bonds. The number of carboxylic acid groups (broad SMARTS) is 1. The summed E-state index contributed by atoms with van der Waals surface area (Å²) in [5, 5.41) is 18.8. The number of aliphatic carboxylic acids is 1. The fraction of sp³-hybridized carbons (Fsp3) is 0.621. The van der Waals surface area contributed by atoms with Crippen molar-refractivity contribution >= 4 is 29.4 Å². The number of carboxylic acids is 1. The van der Waals surface area contributed by atoms with Crippen LogP contribution in [0.25, 0.3) is 0 Å². The molecule has 1 saturated heterocycles. The third kappa shape index (κ3) is 4.74. The first kappa shape index (κ1) is 27.1. The van der Waals surface area contributed by atoms with Crippen LogP contribution in [0.4, 0.5) is 0 Å². The molecule has 4 aliphatic rings. The van der Waals surface area contributed by atoms with Crippen molar-refractivity contribution in [1.29, 1.82) is 0 Å². The molecule has 1 N–H and O–H groups in total. The van der Waals surface area contributed by atoms with E-state index in [0.717, 1.165) is 36.8 Å². The molecule has 40 heavy (non-hydrogen) atoms. The van der Waals surface area contributed by atoms with E-state index in [2.05, 4.69) is 10.3 Å². The Labute approximate surface area is 238 Å². The van der Waals surface area contributed by atoms with Gasteiger partial charge in [0.1, 0.15) is 18.1 Å². The smallest absolute Gasteiger partial charge is 0.310 e. The van der Waals surface area contributed by atoms with Crippen molar-refractivity contribution in [2.24, 2.45) is 23.8 Å². The number of hydrogen-bond acceptors (Lipinski definition) is 6. The van der Waals surface area contributed by atoms with Crippen LogP contribution in [0.2, 0.25) is 5.02 Å². The fourth-order valence-electron chi connectivity index (χ4n) is 7.03. The number of aryl methyl sites for hydroxylation is 1. The second-order valence-electron chi connectivity index (χ2n) is 12.4. The van der Waals surface area contributed by atoms with Crippen LogP contribution in [-0.2, 0) is 34.5 Å². The first-order chi connectivity index (χ1) is 19.1. The largest absolute Gasteiger partial charge is 0.487 e. The predicted octanol–water partition coefficient (Wildman–Crippen LogP) is 3.77. The first-order valence-corrected chi connectivity index (χ1v) is 14.6. The summed E-state index contributed by atoms with van der Waals surface area (Å²) in [5.74, 6) is -1.03. The first-order valence-electron chi connectivity index (χ1n) is 14.2. The van der Waals surface area contributed by atoms with Gasteiger partial charge in [0.05, 0.1) is 23.6 Å². The van der Waals surface area contributed by atoms with Gasteiger partial charge in [-0.3, -0.25) is 19.1 Å². The molecule has 3 heterocycles. The summed E-state index contributed by atoms with van der Waals surface area (Å²) in [5.41, 5.74) is 1.32. The molecule has 1 aromatic carbocycles. The van der Waals surface area contributed by atoms with Crippen LogP contribution in [0.3, 0.4) is 0 Å². The third-order valence-corrected chi connectivity index (χ3v) is 9.99. The summed E-state index contributed by atoms with van der Waals surface area (Å²) >= 11 is 6.72. The zero-order valence-corrected chi connectivity index (χ0v) is 23.8. The lowest BCUT2D eigenvalue weighted by molar-refractivity contribution is -0.162. The second kappa shape index (κ2) is 10.0. The van der Waals surface area contributed by atoms with Gasteiger partial charge in [-0.2, -0.15) is 0 Å². The van der Waals surface area contributed by atoms with Crippen molar-refractivity contribution in [2.75, 3.05) is 19.6 Å². The lowest BCUT2D eigenvalue weighted by Gasteiger charge is -2.45. The van der Waals surface area contributed by atoms with Gasteiger partial charge in [0.2, 0.25) is 11.8 Å². The molecule has 6 rings (SSSR count). The normalized spacial score (nSPS) is 27.1. The molecule has 0 bridgehead atoms. The van der Waals surface area contributed by atoms with E-state index in [4.69, 9.17) is 16.3 Å². The molecule has 3 fully saturated rings. The summed E-state index contributed by atoms with van der Waals surface area (Å²) in [6.07, 6.45) is 7.57. The van der Waals surface area contributed by atoms with Crippen molar-refractivity contribution in [2.45, 2.75) is 70.9 Å². The van der Waals surface area contributed by atoms with Crippen molar-refractivity contribution < 1.29 is 24.2 Å². The van der Waals surface area contributed by atoms with Crippen molar-refractivity contribution in [3.05, 3.63) is 40.2 Å². The van der Waals surface area contributed by atoms with Gasteiger partial charge in [-0.25, -0.2) is 0 Å². The average Bonchev–Trinajstić information content (AvgIpc) is 3.42. The van der Waals surface area contributed by atoms with Gasteiger partial charge in [0.15, 0.2) is 0 Å². The van der Waals surface area contributed by atoms with E-state index < -0.39 is 23.3 Å². The van der Waals surface area contributed by atoms with Crippen LogP contribution in [0.5, 0.6) is 5.75 Å². The highest BCUT2D eigenvalue weighted by atomic mass is 35.5. The Morgan fingerprint density at radius 2 is 2.02 bits per heavy atom. The Bertz CT molecular complexity index is 1360. The minimum atomic E-state index is -1.12. The topological polar surface area (TPSA) is 118 Å². The molecule has 10 nitrogen and oxygen atoms in total. The number of ether oxygens (including phenoxy) is 1. The number of hydrogen-bond donors (Lipinski definition) is 1. The number of carbonyl (C=O) groups excluding carboxylic acids is 2. The number of rotatable bonds is 7. The Morgan fingerprint density at radius 1 is 1.23 bits per heavy atom. The molecular weight excluding hydrogens is 534 g/mol. The maximum absolute atomic E-state index is 14.3. The van der Waals surface area contributed by atoms with Crippen LogP contribution in [0, 0.1) is 16.7 Å². The average molecular weight is 570 g/mol. The minimum Gasteiger partial charge on any atom is -0.487 e. The van der Waals surface area contributed by atoms with Gasteiger partial charge in [0, 0.05) is 43.7 Å². The highest BCUT2D eigenvalue weighted by molar-refractivity contribution is 6.31. The lowest BCUT2D eigenvalue weighted by Crippen LogP contribution is -2.52. The summed E-state index contributed by atoms with van der Waals surface area (Å²) < 4.78 is 7.88. The highest BCUT2D eigenvalue weighted by Crippen LogP contribution is 2.54. The molecule has 214 valence electrons. The zero-order valence-electron chi connectivity index (χ0n) is 23.1. The molecular formula is C29H36ClN5O5.